The fourth-order valence-electron chi connectivity index (χ4n) is 3.53. The zero-order valence-corrected chi connectivity index (χ0v) is 21.0. The predicted octanol–water partition coefficient (Wildman–Crippen LogP) is 1.00. The normalized spacial score (nSPS) is 13.5. The first kappa shape index (κ1) is 25.1. The van der Waals surface area contributed by atoms with Crippen LogP contribution in [-0.2, 0) is 20.0 Å². The van der Waals surface area contributed by atoms with Gasteiger partial charge in [-0.1, -0.05) is 11.3 Å². The highest BCUT2D eigenvalue weighted by Crippen LogP contribution is 2.31. The number of hydrogen-bond acceptors (Lipinski definition) is 11. The molecule has 3 amide bonds. The summed E-state index contributed by atoms with van der Waals surface area (Å²) in [5.41, 5.74) is 1.17. The molecule has 0 radical (unpaired) electrons. The number of ether oxygens (including phenoxy) is 2. The lowest BCUT2D eigenvalue weighted by Gasteiger charge is -2.27. The van der Waals surface area contributed by atoms with Crippen molar-refractivity contribution in [2.45, 2.75) is 25.9 Å². The van der Waals surface area contributed by atoms with Crippen molar-refractivity contribution in [2.24, 2.45) is 7.05 Å². The summed E-state index contributed by atoms with van der Waals surface area (Å²) in [4.78, 5) is 41.2. The first-order valence-corrected chi connectivity index (χ1v) is 11.8. The number of thiazole rings is 1. The van der Waals surface area contributed by atoms with Crippen molar-refractivity contribution in [1.29, 1.82) is 0 Å². The van der Waals surface area contributed by atoms with Crippen LogP contribution in [0.15, 0.2) is 12.3 Å². The second-order valence-corrected chi connectivity index (χ2v) is 9.10. The van der Waals surface area contributed by atoms with Crippen LogP contribution in [0.5, 0.6) is 11.9 Å². The summed E-state index contributed by atoms with van der Waals surface area (Å²) in [5.74, 6) is 0.568. The van der Waals surface area contributed by atoms with Gasteiger partial charge in [0.05, 0.1) is 38.8 Å². The van der Waals surface area contributed by atoms with E-state index in [9.17, 15) is 9.59 Å². The van der Waals surface area contributed by atoms with Crippen LogP contribution in [0.25, 0.3) is 0 Å². The maximum absolute atomic E-state index is 12.7. The third kappa shape index (κ3) is 5.63. The van der Waals surface area contributed by atoms with Crippen LogP contribution in [0, 0.1) is 0 Å². The zero-order valence-electron chi connectivity index (χ0n) is 20.2. The van der Waals surface area contributed by atoms with Gasteiger partial charge in [-0.05, 0) is 6.92 Å². The standard InChI is InChI=1S/C21H27N9O5S/c1-11(10-31)22-18(32)17-13(8-29(2)28-17)23-19(33)27-21-24-12-5-6-30(9-14(12)36-21)15-7-16(34-3)26-20(25-15)35-4/h7-8,11,31H,5-6,9-10H2,1-4H3,(H,22,32)(H2,23,24,27,33)/t11-/m0/s1. The van der Waals surface area contributed by atoms with E-state index in [1.54, 1.807) is 20.0 Å². The third-order valence-corrected chi connectivity index (χ3v) is 6.28. The Morgan fingerprint density at radius 2 is 2.03 bits per heavy atom. The van der Waals surface area contributed by atoms with Gasteiger partial charge in [0.15, 0.2) is 10.8 Å². The summed E-state index contributed by atoms with van der Waals surface area (Å²) >= 11 is 1.36. The topological polar surface area (TPSA) is 169 Å². The molecule has 0 aromatic carbocycles. The summed E-state index contributed by atoms with van der Waals surface area (Å²) < 4.78 is 11.8. The summed E-state index contributed by atoms with van der Waals surface area (Å²) in [6, 6.07) is 0.949. The van der Waals surface area contributed by atoms with Crippen molar-refractivity contribution in [3.63, 3.8) is 0 Å². The minimum absolute atomic E-state index is 0.0396. The van der Waals surface area contributed by atoms with Gasteiger partial charge in [0.2, 0.25) is 5.88 Å². The molecule has 1 aliphatic heterocycles. The number of carbonyl (C=O) groups excluding carboxylic acids is 2. The van der Waals surface area contributed by atoms with Crippen molar-refractivity contribution in [1.82, 2.24) is 30.0 Å². The fourth-order valence-corrected chi connectivity index (χ4v) is 4.55. The second-order valence-electron chi connectivity index (χ2n) is 8.02. The number of aliphatic hydroxyl groups is 1. The number of nitrogens with zero attached hydrogens (tertiary/aromatic N) is 6. The van der Waals surface area contributed by atoms with Crippen molar-refractivity contribution in [3.8, 4) is 11.9 Å². The van der Waals surface area contributed by atoms with Crippen LogP contribution < -0.4 is 30.3 Å². The van der Waals surface area contributed by atoms with Gasteiger partial charge in [-0.25, -0.2) is 9.78 Å². The number of aryl methyl sites for hydroxylation is 1. The molecule has 0 saturated heterocycles. The van der Waals surface area contributed by atoms with E-state index in [0.29, 0.717) is 36.3 Å². The number of anilines is 3. The Balaban J connectivity index is 1.43. The van der Waals surface area contributed by atoms with Crippen molar-refractivity contribution in [2.75, 3.05) is 42.9 Å². The maximum atomic E-state index is 12.7. The first-order valence-electron chi connectivity index (χ1n) is 11.0. The van der Waals surface area contributed by atoms with Crippen LogP contribution in [0.1, 0.15) is 28.0 Å². The number of hydrogen-bond donors (Lipinski definition) is 4. The van der Waals surface area contributed by atoms with Gasteiger partial charge in [-0.2, -0.15) is 15.1 Å². The molecule has 4 rings (SSSR count). The van der Waals surface area contributed by atoms with Gasteiger partial charge < -0.3 is 30.1 Å². The Morgan fingerprint density at radius 3 is 2.75 bits per heavy atom. The average molecular weight is 518 g/mol. The molecule has 0 spiro atoms. The van der Waals surface area contributed by atoms with Crippen LogP contribution >= 0.6 is 11.3 Å². The molecular weight excluding hydrogens is 490 g/mol. The monoisotopic (exact) mass is 517 g/mol. The molecule has 0 aliphatic carbocycles. The lowest BCUT2D eigenvalue weighted by Crippen LogP contribution is -2.35. The molecule has 1 aliphatic rings. The van der Waals surface area contributed by atoms with Crippen molar-refractivity contribution in [3.05, 3.63) is 28.5 Å². The zero-order chi connectivity index (χ0) is 25.8. The van der Waals surface area contributed by atoms with Gasteiger partial charge >= 0.3 is 12.0 Å². The number of carbonyl (C=O) groups is 2. The van der Waals surface area contributed by atoms with Crippen LogP contribution in [0.2, 0.25) is 0 Å². The quantitative estimate of drug-likeness (QED) is 0.338. The molecule has 4 N–H and O–H groups in total. The van der Waals surface area contributed by atoms with Crippen LogP contribution in [-0.4, -0.2) is 75.2 Å². The Bertz CT molecular complexity index is 1240. The highest BCUT2D eigenvalue weighted by Gasteiger charge is 2.24. The number of nitrogens with one attached hydrogen (secondary N) is 3. The Morgan fingerprint density at radius 1 is 1.22 bits per heavy atom. The van der Waals surface area contributed by atoms with E-state index in [0.717, 1.165) is 10.6 Å². The highest BCUT2D eigenvalue weighted by molar-refractivity contribution is 7.15. The number of amides is 3. The van der Waals surface area contributed by atoms with Gasteiger partial charge in [0, 0.05) is 43.2 Å². The molecule has 3 aromatic heterocycles. The van der Waals surface area contributed by atoms with Gasteiger partial charge in [-0.15, -0.1) is 0 Å². The minimum Gasteiger partial charge on any atom is -0.481 e. The van der Waals surface area contributed by atoms with Gasteiger partial charge in [0.25, 0.3) is 5.91 Å². The number of urea groups is 1. The average Bonchev–Trinajstić information content (AvgIpc) is 3.44. The molecular formula is C21H27N9O5S. The van der Waals surface area contributed by atoms with Crippen molar-refractivity contribution < 1.29 is 24.2 Å². The molecule has 0 bridgehead atoms. The smallest absolute Gasteiger partial charge is 0.325 e. The number of methoxy groups -OCH3 is 2. The molecule has 0 unspecified atom stereocenters. The van der Waals surface area contributed by atoms with Gasteiger partial charge in [0.1, 0.15) is 5.82 Å². The molecule has 0 fully saturated rings. The predicted molar refractivity (Wildman–Crippen MR) is 132 cm³/mol. The Hall–Kier alpha value is -3.98. The van der Waals surface area contributed by atoms with E-state index in [1.165, 1.54) is 36.4 Å². The van der Waals surface area contributed by atoms with E-state index < -0.39 is 18.0 Å². The molecule has 14 nitrogen and oxygen atoms in total. The SMILES string of the molecule is COc1cc(N2CCc3nc(NC(=O)Nc4cn(C)nc4C(=O)N[C@@H](C)CO)sc3C2)nc(OC)n1. The van der Waals surface area contributed by atoms with Crippen LogP contribution in [0.3, 0.4) is 0 Å². The molecule has 36 heavy (non-hydrogen) atoms. The number of rotatable bonds is 8. The number of aromatic nitrogens is 5. The summed E-state index contributed by atoms with van der Waals surface area (Å²) in [6.45, 7) is 2.66. The summed E-state index contributed by atoms with van der Waals surface area (Å²) in [7, 11) is 4.66. The molecule has 192 valence electrons. The number of aliphatic hydroxyl groups excluding tert-OH is 1. The molecule has 3 aromatic rings. The lowest BCUT2D eigenvalue weighted by atomic mass is 10.2. The van der Waals surface area contributed by atoms with E-state index in [2.05, 4.69) is 40.9 Å². The molecule has 4 heterocycles. The third-order valence-electron chi connectivity index (χ3n) is 5.28. The minimum atomic E-state index is -0.555. The molecule has 1 atom stereocenters. The van der Waals surface area contributed by atoms with E-state index in [1.807, 2.05) is 0 Å². The van der Waals surface area contributed by atoms with E-state index in [4.69, 9.17) is 14.6 Å². The van der Waals surface area contributed by atoms with Crippen LogP contribution in [0.4, 0.5) is 21.4 Å². The lowest BCUT2D eigenvalue weighted by molar-refractivity contribution is 0.0917. The highest BCUT2D eigenvalue weighted by atomic mass is 32.1. The molecule has 0 saturated carbocycles. The summed E-state index contributed by atoms with van der Waals surface area (Å²) in [5, 5.41) is 21.7. The molecule has 15 heteroatoms. The largest absolute Gasteiger partial charge is 0.481 e. The second kappa shape index (κ2) is 10.7. The Labute approximate surface area is 210 Å². The van der Waals surface area contributed by atoms with Gasteiger partial charge in [-0.3, -0.25) is 14.8 Å². The first-order chi connectivity index (χ1) is 17.3. The van der Waals surface area contributed by atoms with E-state index in [-0.39, 0.29) is 24.0 Å². The maximum Gasteiger partial charge on any atom is 0.325 e. The number of fused-ring (bicyclic) bond motifs is 1. The van der Waals surface area contributed by atoms with E-state index >= 15 is 0 Å². The Kier molecular flexibility index (Phi) is 7.49. The fraction of sp³-hybridized carbons (Fsp3) is 0.429. The summed E-state index contributed by atoms with van der Waals surface area (Å²) in [6.07, 6.45) is 2.19. The van der Waals surface area contributed by atoms with Crippen molar-refractivity contribution >= 4 is 39.9 Å².